The number of aliphatic carboxylic acids is 1. The Bertz CT molecular complexity index is 962. The molecule has 0 saturated heterocycles. The number of amides is 1. The Hall–Kier alpha value is -2.63. The first kappa shape index (κ1) is 23.6. The van der Waals surface area contributed by atoms with E-state index in [0.29, 0.717) is 6.42 Å². The molecule has 0 aliphatic carbocycles. The first-order chi connectivity index (χ1) is 14.0. The highest BCUT2D eigenvalue weighted by Gasteiger charge is 2.32. The summed E-state index contributed by atoms with van der Waals surface area (Å²) in [6.45, 7) is 1.16. The Balaban J connectivity index is 2.23. The van der Waals surface area contributed by atoms with Crippen LogP contribution in [-0.4, -0.2) is 42.2 Å². The minimum Gasteiger partial charge on any atom is -0.480 e. The van der Waals surface area contributed by atoms with Gasteiger partial charge in [0, 0.05) is 10.4 Å². The standard InChI is InChI=1S/C18H16ClF3N2O5S/c1-2-10-6-11(17(30-10)24-14(25)7-23-8-15(26)27)16(28)9-3-4-13(12(19)5-9)29-18(20,21)22/h3-6,23H,2,7-8H2,1H3,(H,24,25)(H,26,27). The number of hydrogen-bond donors (Lipinski definition) is 3. The second-order valence-corrected chi connectivity index (χ2v) is 7.42. The zero-order valence-electron chi connectivity index (χ0n) is 15.4. The molecule has 3 N–H and O–H groups in total. The van der Waals surface area contributed by atoms with Crippen LogP contribution in [0.25, 0.3) is 0 Å². The SMILES string of the molecule is CCc1cc(C(=O)c2ccc(OC(F)(F)F)c(Cl)c2)c(NC(=O)CNCC(=O)O)s1. The highest BCUT2D eigenvalue weighted by atomic mass is 35.5. The smallest absolute Gasteiger partial charge is 0.480 e. The van der Waals surface area contributed by atoms with Gasteiger partial charge in [-0.15, -0.1) is 24.5 Å². The van der Waals surface area contributed by atoms with Crippen molar-refractivity contribution in [1.82, 2.24) is 5.32 Å². The topological polar surface area (TPSA) is 105 Å². The van der Waals surface area contributed by atoms with Gasteiger partial charge in [-0.1, -0.05) is 18.5 Å². The van der Waals surface area contributed by atoms with Gasteiger partial charge in [0.25, 0.3) is 0 Å². The highest BCUT2D eigenvalue weighted by molar-refractivity contribution is 7.16. The molecule has 12 heteroatoms. The molecule has 2 aromatic rings. The Morgan fingerprint density at radius 3 is 2.47 bits per heavy atom. The van der Waals surface area contributed by atoms with E-state index in [9.17, 15) is 27.6 Å². The van der Waals surface area contributed by atoms with Crippen molar-refractivity contribution in [3.63, 3.8) is 0 Å². The fourth-order valence-corrected chi connectivity index (χ4v) is 3.57. The number of halogens is 4. The maximum Gasteiger partial charge on any atom is 0.573 e. The summed E-state index contributed by atoms with van der Waals surface area (Å²) in [4.78, 5) is 36.2. The van der Waals surface area contributed by atoms with Crippen LogP contribution in [-0.2, 0) is 16.0 Å². The number of benzene rings is 1. The minimum absolute atomic E-state index is 0.00878. The molecule has 0 radical (unpaired) electrons. The third kappa shape index (κ3) is 6.71. The zero-order chi connectivity index (χ0) is 22.5. The number of anilines is 1. The number of ether oxygens (including phenoxy) is 1. The number of carbonyl (C=O) groups is 3. The average Bonchev–Trinajstić information content (AvgIpc) is 3.04. The van der Waals surface area contributed by atoms with Gasteiger partial charge in [-0.25, -0.2) is 0 Å². The van der Waals surface area contributed by atoms with Crippen LogP contribution in [0.5, 0.6) is 5.75 Å². The molecule has 1 aromatic heterocycles. The lowest BCUT2D eigenvalue weighted by Gasteiger charge is -2.11. The van der Waals surface area contributed by atoms with Crippen LogP contribution < -0.4 is 15.4 Å². The lowest BCUT2D eigenvalue weighted by molar-refractivity contribution is -0.274. The number of hydrogen-bond acceptors (Lipinski definition) is 6. The fourth-order valence-electron chi connectivity index (χ4n) is 2.34. The van der Waals surface area contributed by atoms with E-state index in [-0.39, 0.29) is 22.7 Å². The maximum absolute atomic E-state index is 12.9. The molecule has 0 unspecified atom stereocenters. The monoisotopic (exact) mass is 464 g/mol. The van der Waals surface area contributed by atoms with Gasteiger partial charge in [-0.3, -0.25) is 19.7 Å². The first-order valence-electron chi connectivity index (χ1n) is 8.45. The molecule has 7 nitrogen and oxygen atoms in total. The molecule has 0 aliphatic rings. The zero-order valence-corrected chi connectivity index (χ0v) is 17.0. The summed E-state index contributed by atoms with van der Waals surface area (Å²) < 4.78 is 40.9. The van der Waals surface area contributed by atoms with Gasteiger partial charge in [0.05, 0.1) is 23.7 Å². The van der Waals surface area contributed by atoms with Gasteiger partial charge in [0.2, 0.25) is 5.91 Å². The van der Waals surface area contributed by atoms with E-state index in [2.05, 4.69) is 15.4 Å². The quantitative estimate of drug-likeness (QED) is 0.489. The molecule has 0 atom stereocenters. The molecule has 1 amide bonds. The average molecular weight is 465 g/mol. The number of aryl methyl sites for hydroxylation is 1. The van der Waals surface area contributed by atoms with Crippen LogP contribution in [0, 0.1) is 0 Å². The van der Waals surface area contributed by atoms with Crippen LogP contribution in [0.2, 0.25) is 5.02 Å². The van der Waals surface area contributed by atoms with Gasteiger partial charge >= 0.3 is 12.3 Å². The molecule has 0 aliphatic heterocycles. The molecule has 0 bridgehead atoms. The van der Waals surface area contributed by atoms with Crippen molar-refractivity contribution in [3.8, 4) is 5.75 Å². The Kier molecular flexibility index (Phi) is 7.82. The fraction of sp³-hybridized carbons (Fsp3) is 0.278. The van der Waals surface area contributed by atoms with Crippen LogP contribution in [0.4, 0.5) is 18.2 Å². The van der Waals surface area contributed by atoms with Crippen molar-refractivity contribution >= 4 is 45.6 Å². The van der Waals surface area contributed by atoms with Crippen LogP contribution in [0.15, 0.2) is 24.3 Å². The van der Waals surface area contributed by atoms with E-state index in [1.807, 2.05) is 6.92 Å². The largest absolute Gasteiger partial charge is 0.573 e. The number of ketones is 1. The van der Waals surface area contributed by atoms with E-state index in [4.69, 9.17) is 16.7 Å². The van der Waals surface area contributed by atoms with Crippen molar-refractivity contribution in [3.05, 3.63) is 45.3 Å². The van der Waals surface area contributed by atoms with Crippen molar-refractivity contribution in [2.45, 2.75) is 19.7 Å². The van der Waals surface area contributed by atoms with Gasteiger partial charge in [0.15, 0.2) is 5.78 Å². The number of thiophene rings is 1. The Labute approximate surface area is 177 Å². The van der Waals surface area contributed by atoms with E-state index in [1.165, 1.54) is 0 Å². The molecular formula is C18H16ClF3N2O5S. The summed E-state index contributed by atoms with van der Waals surface area (Å²) in [5.41, 5.74) is 0.151. The van der Waals surface area contributed by atoms with E-state index >= 15 is 0 Å². The van der Waals surface area contributed by atoms with Crippen LogP contribution in [0.1, 0.15) is 27.7 Å². The second-order valence-electron chi connectivity index (χ2n) is 5.88. The van der Waals surface area contributed by atoms with Crippen molar-refractivity contribution in [2.75, 3.05) is 18.4 Å². The van der Waals surface area contributed by atoms with Crippen molar-refractivity contribution < 1.29 is 37.4 Å². The summed E-state index contributed by atoms with van der Waals surface area (Å²) in [7, 11) is 0. The number of alkyl halides is 3. The van der Waals surface area contributed by atoms with Gasteiger partial charge < -0.3 is 15.2 Å². The Morgan fingerprint density at radius 1 is 1.20 bits per heavy atom. The third-order valence-corrected chi connectivity index (χ3v) is 5.10. The molecule has 162 valence electrons. The molecule has 1 heterocycles. The summed E-state index contributed by atoms with van der Waals surface area (Å²) in [5.74, 6) is -2.88. The molecule has 2 rings (SSSR count). The van der Waals surface area contributed by atoms with Gasteiger partial charge in [-0.05, 0) is 30.7 Å². The van der Waals surface area contributed by atoms with Gasteiger partial charge in [0.1, 0.15) is 10.8 Å². The molecule has 0 spiro atoms. The van der Waals surface area contributed by atoms with E-state index in [1.54, 1.807) is 6.07 Å². The predicted octanol–water partition coefficient (Wildman–Crippen LogP) is 3.71. The number of carboxylic acid groups (broad SMARTS) is 1. The number of carboxylic acids is 1. The summed E-state index contributed by atoms with van der Waals surface area (Å²) >= 11 is 6.97. The number of rotatable bonds is 9. The second kappa shape index (κ2) is 9.92. The van der Waals surface area contributed by atoms with E-state index < -0.39 is 41.3 Å². The van der Waals surface area contributed by atoms with Crippen LogP contribution >= 0.6 is 22.9 Å². The van der Waals surface area contributed by atoms with Crippen molar-refractivity contribution in [2.24, 2.45) is 0 Å². The number of nitrogens with one attached hydrogen (secondary N) is 2. The molecular weight excluding hydrogens is 449 g/mol. The van der Waals surface area contributed by atoms with E-state index in [0.717, 1.165) is 34.4 Å². The molecule has 0 saturated carbocycles. The lowest BCUT2D eigenvalue weighted by Crippen LogP contribution is -2.31. The van der Waals surface area contributed by atoms with Gasteiger partial charge in [-0.2, -0.15) is 0 Å². The predicted molar refractivity (Wildman–Crippen MR) is 104 cm³/mol. The summed E-state index contributed by atoms with van der Waals surface area (Å²) in [5, 5.41) is 13.4. The molecule has 30 heavy (non-hydrogen) atoms. The van der Waals surface area contributed by atoms with Crippen LogP contribution in [0.3, 0.4) is 0 Å². The summed E-state index contributed by atoms with van der Waals surface area (Å²) in [6, 6.07) is 4.69. The maximum atomic E-state index is 12.9. The highest BCUT2D eigenvalue weighted by Crippen LogP contribution is 2.34. The lowest BCUT2D eigenvalue weighted by atomic mass is 10.0. The molecule has 1 aromatic carbocycles. The molecule has 0 fully saturated rings. The summed E-state index contributed by atoms with van der Waals surface area (Å²) in [6.07, 6.45) is -4.35. The number of carbonyl (C=O) groups excluding carboxylic acids is 2. The first-order valence-corrected chi connectivity index (χ1v) is 9.64. The third-order valence-electron chi connectivity index (χ3n) is 3.61. The Morgan fingerprint density at radius 2 is 1.90 bits per heavy atom. The normalized spacial score (nSPS) is 11.2. The van der Waals surface area contributed by atoms with Crippen molar-refractivity contribution in [1.29, 1.82) is 0 Å². The minimum atomic E-state index is -4.93.